The van der Waals surface area contributed by atoms with E-state index in [1.165, 1.54) is 6.33 Å². The van der Waals surface area contributed by atoms with Crippen LogP contribution in [0.2, 0.25) is 0 Å². The van der Waals surface area contributed by atoms with Crippen molar-refractivity contribution in [2.24, 2.45) is 11.7 Å². The number of aryl methyl sites for hydroxylation is 1. The van der Waals surface area contributed by atoms with Crippen LogP contribution in [0.25, 0.3) is 0 Å². The molecule has 0 saturated carbocycles. The van der Waals surface area contributed by atoms with Crippen LogP contribution < -0.4 is 11.1 Å². The molecular weight excluding hydrogens is 216 g/mol. The number of hydrogen-bond donors (Lipinski definition) is 2. The van der Waals surface area contributed by atoms with Crippen LogP contribution in [0.1, 0.15) is 32.9 Å². The molecule has 5 nitrogen and oxygen atoms in total. The summed E-state index contributed by atoms with van der Waals surface area (Å²) < 4.78 is 0. The Hall–Kier alpha value is -1.65. The van der Waals surface area contributed by atoms with Crippen LogP contribution in [0.3, 0.4) is 0 Å². The Balaban J connectivity index is 2.78. The van der Waals surface area contributed by atoms with Gasteiger partial charge in [0.25, 0.3) is 0 Å². The zero-order valence-corrected chi connectivity index (χ0v) is 10.6. The Kier molecular flexibility index (Phi) is 4.87. The maximum absolute atomic E-state index is 11.3. The predicted octanol–water partition coefficient (Wildman–Crippen LogP) is 1.35. The summed E-state index contributed by atoms with van der Waals surface area (Å²) in [5.74, 6) is 0.411. The normalized spacial score (nSPS) is 12.5. The molecule has 0 saturated heterocycles. The molecule has 0 radical (unpaired) electrons. The number of carbonyl (C=O) groups is 1. The van der Waals surface area contributed by atoms with Gasteiger partial charge in [-0.2, -0.15) is 0 Å². The number of nitrogens with zero attached hydrogens (tertiary/aromatic N) is 2. The van der Waals surface area contributed by atoms with Crippen LogP contribution in [-0.2, 0) is 11.2 Å². The summed E-state index contributed by atoms with van der Waals surface area (Å²) in [6.07, 6.45) is 3.44. The number of anilines is 1. The van der Waals surface area contributed by atoms with Crippen molar-refractivity contribution in [2.75, 3.05) is 5.32 Å². The first-order valence-electron chi connectivity index (χ1n) is 5.91. The van der Waals surface area contributed by atoms with Gasteiger partial charge in [0.2, 0.25) is 5.91 Å². The van der Waals surface area contributed by atoms with Gasteiger partial charge in [-0.15, -0.1) is 0 Å². The fourth-order valence-corrected chi connectivity index (χ4v) is 1.60. The lowest BCUT2D eigenvalue weighted by molar-refractivity contribution is -0.119. The first-order valence-corrected chi connectivity index (χ1v) is 5.91. The monoisotopic (exact) mass is 236 g/mol. The second-order valence-corrected chi connectivity index (χ2v) is 4.41. The van der Waals surface area contributed by atoms with E-state index in [2.05, 4.69) is 22.2 Å². The van der Waals surface area contributed by atoms with Gasteiger partial charge in [-0.3, -0.25) is 4.79 Å². The third-order valence-electron chi connectivity index (χ3n) is 2.51. The molecule has 1 aromatic rings. The van der Waals surface area contributed by atoms with E-state index in [9.17, 15) is 4.79 Å². The van der Waals surface area contributed by atoms with Gasteiger partial charge in [-0.05, 0) is 12.3 Å². The van der Waals surface area contributed by atoms with Gasteiger partial charge in [-0.1, -0.05) is 27.2 Å². The summed E-state index contributed by atoms with van der Waals surface area (Å²) >= 11 is 0. The van der Waals surface area contributed by atoms with Gasteiger partial charge >= 0.3 is 0 Å². The number of nitrogens with two attached hydrogens (primary N) is 1. The van der Waals surface area contributed by atoms with Crippen molar-refractivity contribution in [3.63, 3.8) is 0 Å². The van der Waals surface area contributed by atoms with Crippen molar-refractivity contribution in [1.29, 1.82) is 0 Å². The highest BCUT2D eigenvalue weighted by atomic mass is 16.1. The lowest BCUT2D eigenvalue weighted by Gasteiger charge is -2.19. The average Bonchev–Trinajstić information content (AvgIpc) is 2.26. The molecule has 1 amide bonds. The third kappa shape index (κ3) is 4.01. The lowest BCUT2D eigenvalue weighted by atomic mass is 10.0. The molecule has 0 aliphatic carbocycles. The zero-order chi connectivity index (χ0) is 12.8. The van der Waals surface area contributed by atoms with E-state index in [4.69, 9.17) is 5.73 Å². The topological polar surface area (TPSA) is 80.9 Å². The Bertz CT molecular complexity index is 379. The molecule has 5 heteroatoms. The fraction of sp³-hybridized carbons (Fsp3) is 0.583. The van der Waals surface area contributed by atoms with Gasteiger partial charge in [0.05, 0.1) is 0 Å². The summed E-state index contributed by atoms with van der Waals surface area (Å²) in [6.45, 7) is 5.97. The molecule has 1 rings (SSSR count). The number of hydrogen-bond acceptors (Lipinski definition) is 4. The minimum absolute atomic E-state index is 0.122. The highest BCUT2D eigenvalue weighted by Crippen LogP contribution is 2.11. The highest BCUT2D eigenvalue weighted by molar-refractivity contribution is 5.82. The van der Waals surface area contributed by atoms with Crippen LogP contribution in [0.5, 0.6) is 0 Å². The summed E-state index contributed by atoms with van der Waals surface area (Å²) in [7, 11) is 0. The summed E-state index contributed by atoms with van der Waals surface area (Å²) in [4.78, 5) is 19.5. The van der Waals surface area contributed by atoms with E-state index >= 15 is 0 Å². The SMILES string of the molecule is CCCc1cc(NC(C(N)=O)C(C)C)ncn1. The number of aromatic nitrogens is 2. The second-order valence-electron chi connectivity index (χ2n) is 4.41. The first-order chi connectivity index (χ1) is 8.04. The van der Waals surface area contributed by atoms with E-state index < -0.39 is 6.04 Å². The molecule has 0 fully saturated rings. The lowest BCUT2D eigenvalue weighted by Crippen LogP contribution is -2.39. The van der Waals surface area contributed by atoms with Crippen molar-refractivity contribution in [2.45, 2.75) is 39.7 Å². The Morgan fingerprint density at radius 2 is 2.18 bits per heavy atom. The van der Waals surface area contributed by atoms with E-state index in [0.29, 0.717) is 5.82 Å². The Morgan fingerprint density at radius 3 is 2.71 bits per heavy atom. The molecule has 0 aliphatic rings. The molecule has 3 N–H and O–H groups in total. The number of nitrogens with one attached hydrogen (secondary N) is 1. The first kappa shape index (κ1) is 13.4. The van der Waals surface area contributed by atoms with E-state index in [1.54, 1.807) is 0 Å². The van der Waals surface area contributed by atoms with Crippen LogP contribution in [0.15, 0.2) is 12.4 Å². The minimum atomic E-state index is -0.403. The molecule has 94 valence electrons. The average molecular weight is 236 g/mol. The minimum Gasteiger partial charge on any atom is -0.368 e. The summed E-state index contributed by atoms with van der Waals surface area (Å²) in [5.41, 5.74) is 6.31. The second kappa shape index (κ2) is 6.18. The van der Waals surface area contributed by atoms with Crippen molar-refractivity contribution in [3.05, 3.63) is 18.1 Å². The van der Waals surface area contributed by atoms with E-state index in [1.807, 2.05) is 19.9 Å². The molecule has 1 atom stereocenters. The standard InChI is InChI=1S/C12H20N4O/c1-4-5-9-6-10(15-7-14-9)16-11(8(2)3)12(13)17/h6-8,11H,4-5H2,1-3H3,(H2,13,17)(H,14,15,16). The van der Waals surface area contributed by atoms with Gasteiger partial charge in [0, 0.05) is 11.8 Å². The van der Waals surface area contributed by atoms with Crippen molar-refractivity contribution in [3.8, 4) is 0 Å². The Morgan fingerprint density at radius 1 is 1.47 bits per heavy atom. The molecule has 1 aromatic heterocycles. The molecule has 17 heavy (non-hydrogen) atoms. The van der Waals surface area contributed by atoms with Gasteiger partial charge < -0.3 is 11.1 Å². The molecule has 1 unspecified atom stereocenters. The van der Waals surface area contributed by atoms with E-state index in [-0.39, 0.29) is 11.8 Å². The zero-order valence-electron chi connectivity index (χ0n) is 10.6. The number of rotatable bonds is 6. The smallest absolute Gasteiger partial charge is 0.240 e. The molecule has 0 aromatic carbocycles. The molecular formula is C12H20N4O. The van der Waals surface area contributed by atoms with Crippen LogP contribution >= 0.6 is 0 Å². The number of carbonyl (C=O) groups excluding carboxylic acids is 1. The van der Waals surface area contributed by atoms with Crippen LogP contribution in [-0.4, -0.2) is 21.9 Å². The van der Waals surface area contributed by atoms with Gasteiger partial charge in [0.15, 0.2) is 0 Å². The van der Waals surface area contributed by atoms with Crippen molar-refractivity contribution in [1.82, 2.24) is 9.97 Å². The molecule has 0 aliphatic heterocycles. The third-order valence-corrected chi connectivity index (χ3v) is 2.51. The van der Waals surface area contributed by atoms with Gasteiger partial charge in [0.1, 0.15) is 18.2 Å². The van der Waals surface area contributed by atoms with Crippen molar-refractivity contribution < 1.29 is 4.79 Å². The highest BCUT2D eigenvalue weighted by Gasteiger charge is 2.19. The van der Waals surface area contributed by atoms with E-state index in [0.717, 1.165) is 18.5 Å². The van der Waals surface area contributed by atoms with Crippen LogP contribution in [0, 0.1) is 5.92 Å². The number of primary amides is 1. The molecule has 0 spiro atoms. The summed E-state index contributed by atoms with van der Waals surface area (Å²) in [6, 6.07) is 1.46. The summed E-state index contributed by atoms with van der Waals surface area (Å²) in [5, 5.41) is 3.05. The fourth-order valence-electron chi connectivity index (χ4n) is 1.60. The Labute approximate surface area is 102 Å². The van der Waals surface area contributed by atoms with Crippen LogP contribution in [0.4, 0.5) is 5.82 Å². The number of amides is 1. The largest absolute Gasteiger partial charge is 0.368 e. The van der Waals surface area contributed by atoms with Crippen molar-refractivity contribution >= 4 is 11.7 Å². The maximum atomic E-state index is 11.3. The predicted molar refractivity (Wildman–Crippen MR) is 67.5 cm³/mol. The quantitative estimate of drug-likeness (QED) is 0.781. The molecule has 1 heterocycles. The maximum Gasteiger partial charge on any atom is 0.240 e. The van der Waals surface area contributed by atoms with Gasteiger partial charge in [-0.25, -0.2) is 9.97 Å². The molecule has 0 bridgehead atoms.